The number of hydrogen-bond acceptors (Lipinski definition) is 3. The second kappa shape index (κ2) is 7.51. The summed E-state index contributed by atoms with van der Waals surface area (Å²) >= 11 is 9.30. The first kappa shape index (κ1) is 16.6. The number of benzene rings is 2. The third-order valence-corrected chi connectivity index (χ3v) is 4.14. The molecule has 2 aromatic carbocycles. The van der Waals surface area contributed by atoms with E-state index in [9.17, 15) is 4.79 Å². The number of rotatable bonds is 5. The SMILES string of the molecule is COc1cccc(O[C@@H](C)C(=O)Nc2ccc(Br)c(Cl)c2)c1. The molecule has 0 spiro atoms. The van der Waals surface area contributed by atoms with E-state index in [0.717, 1.165) is 4.47 Å². The monoisotopic (exact) mass is 383 g/mol. The van der Waals surface area contributed by atoms with Gasteiger partial charge in [-0.15, -0.1) is 0 Å². The van der Waals surface area contributed by atoms with Crippen molar-refractivity contribution in [3.8, 4) is 11.5 Å². The fraction of sp³-hybridized carbons (Fsp3) is 0.188. The van der Waals surface area contributed by atoms with E-state index in [1.165, 1.54) is 0 Å². The van der Waals surface area contributed by atoms with E-state index in [1.807, 2.05) is 0 Å². The number of ether oxygens (including phenoxy) is 2. The van der Waals surface area contributed by atoms with E-state index < -0.39 is 6.10 Å². The molecule has 22 heavy (non-hydrogen) atoms. The molecule has 0 bridgehead atoms. The number of methoxy groups -OCH3 is 1. The highest BCUT2D eigenvalue weighted by Crippen LogP contribution is 2.26. The van der Waals surface area contributed by atoms with Crippen LogP contribution in [0, 0.1) is 0 Å². The number of nitrogens with one attached hydrogen (secondary N) is 1. The summed E-state index contributed by atoms with van der Waals surface area (Å²) in [5.41, 5.74) is 0.610. The summed E-state index contributed by atoms with van der Waals surface area (Å²) in [6.45, 7) is 1.68. The molecule has 2 rings (SSSR count). The van der Waals surface area contributed by atoms with Crippen LogP contribution in [0.3, 0.4) is 0 Å². The quantitative estimate of drug-likeness (QED) is 0.824. The van der Waals surface area contributed by atoms with Gasteiger partial charge in [-0.2, -0.15) is 0 Å². The molecule has 1 atom stereocenters. The summed E-state index contributed by atoms with van der Waals surface area (Å²) < 4.78 is 11.5. The van der Waals surface area contributed by atoms with Crippen LogP contribution >= 0.6 is 27.5 Å². The van der Waals surface area contributed by atoms with Crippen molar-refractivity contribution in [2.75, 3.05) is 12.4 Å². The van der Waals surface area contributed by atoms with Crippen LogP contribution in [-0.2, 0) is 4.79 Å². The molecule has 0 aliphatic carbocycles. The zero-order valence-electron chi connectivity index (χ0n) is 12.1. The average Bonchev–Trinajstić information content (AvgIpc) is 2.51. The molecule has 0 radical (unpaired) electrons. The fourth-order valence-corrected chi connectivity index (χ4v) is 2.18. The molecule has 2 aromatic rings. The predicted molar refractivity (Wildman–Crippen MR) is 90.9 cm³/mol. The van der Waals surface area contributed by atoms with Crippen LogP contribution in [0.1, 0.15) is 6.92 Å². The lowest BCUT2D eigenvalue weighted by Gasteiger charge is -2.15. The van der Waals surface area contributed by atoms with Crippen LogP contribution in [0.25, 0.3) is 0 Å². The highest BCUT2D eigenvalue weighted by molar-refractivity contribution is 9.10. The van der Waals surface area contributed by atoms with E-state index >= 15 is 0 Å². The highest BCUT2D eigenvalue weighted by Gasteiger charge is 2.15. The van der Waals surface area contributed by atoms with Crippen molar-refractivity contribution < 1.29 is 14.3 Å². The van der Waals surface area contributed by atoms with Gasteiger partial charge in [0, 0.05) is 16.2 Å². The lowest BCUT2D eigenvalue weighted by molar-refractivity contribution is -0.122. The Morgan fingerprint density at radius 1 is 1.23 bits per heavy atom. The first-order valence-electron chi connectivity index (χ1n) is 6.56. The predicted octanol–water partition coefficient (Wildman–Crippen LogP) is 4.52. The van der Waals surface area contributed by atoms with Gasteiger partial charge in [-0.3, -0.25) is 4.79 Å². The number of hydrogen-bond donors (Lipinski definition) is 1. The summed E-state index contributed by atoms with van der Waals surface area (Å²) in [7, 11) is 1.58. The lowest BCUT2D eigenvalue weighted by Crippen LogP contribution is -2.30. The van der Waals surface area contributed by atoms with Gasteiger partial charge in [0.25, 0.3) is 5.91 Å². The lowest BCUT2D eigenvalue weighted by atomic mass is 10.3. The molecule has 0 saturated carbocycles. The van der Waals surface area contributed by atoms with E-state index in [1.54, 1.807) is 56.5 Å². The van der Waals surface area contributed by atoms with Gasteiger partial charge in [0.15, 0.2) is 6.10 Å². The minimum Gasteiger partial charge on any atom is -0.497 e. The van der Waals surface area contributed by atoms with Crippen molar-refractivity contribution in [3.05, 3.63) is 52.0 Å². The Morgan fingerprint density at radius 3 is 2.64 bits per heavy atom. The Labute approximate surface area is 142 Å². The normalized spacial score (nSPS) is 11.6. The summed E-state index contributed by atoms with van der Waals surface area (Å²) in [4.78, 5) is 12.1. The number of carbonyl (C=O) groups is 1. The number of anilines is 1. The maximum Gasteiger partial charge on any atom is 0.265 e. The molecule has 1 N–H and O–H groups in total. The van der Waals surface area contributed by atoms with Gasteiger partial charge in [0.1, 0.15) is 11.5 Å². The highest BCUT2D eigenvalue weighted by atomic mass is 79.9. The number of halogens is 2. The first-order chi connectivity index (χ1) is 10.5. The number of amides is 1. The van der Waals surface area contributed by atoms with Gasteiger partial charge in [-0.1, -0.05) is 17.7 Å². The minimum absolute atomic E-state index is 0.263. The molecule has 6 heteroatoms. The molecule has 4 nitrogen and oxygen atoms in total. The van der Waals surface area contributed by atoms with Crippen LogP contribution in [0.15, 0.2) is 46.9 Å². The van der Waals surface area contributed by atoms with Gasteiger partial charge in [0.05, 0.1) is 12.1 Å². The largest absolute Gasteiger partial charge is 0.497 e. The minimum atomic E-state index is -0.658. The maximum absolute atomic E-state index is 12.1. The van der Waals surface area contributed by atoms with Gasteiger partial charge in [-0.05, 0) is 53.2 Å². The molecule has 0 aromatic heterocycles. The van der Waals surface area contributed by atoms with Gasteiger partial charge < -0.3 is 14.8 Å². The van der Waals surface area contributed by atoms with Crippen molar-refractivity contribution in [1.29, 1.82) is 0 Å². The van der Waals surface area contributed by atoms with Crippen molar-refractivity contribution in [2.24, 2.45) is 0 Å². The van der Waals surface area contributed by atoms with Crippen LogP contribution in [0.2, 0.25) is 5.02 Å². The Kier molecular flexibility index (Phi) is 5.69. The van der Waals surface area contributed by atoms with Gasteiger partial charge in [0.2, 0.25) is 0 Å². The van der Waals surface area contributed by atoms with E-state index in [4.69, 9.17) is 21.1 Å². The van der Waals surface area contributed by atoms with Crippen molar-refractivity contribution >= 4 is 39.1 Å². The Hall–Kier alpha value is -1.72. The van der Waals surface area contributed by atoms with Crippen LogP contribution in [-0.4, -0.2) is 19.1 Å². The average molecular weight is 385 g/mol. The van der Waals surface area contributed by atoms with Crippen molar-refractivity contribution in [2.45, 2.75) is 13.0 Å². The Morgan fingerprint density at radius 2 is 1.95 bits per heavy atom. The molecule has 0 fully saturated rings. The van der Waals surface area contributed by atoms with Gasteiger partial charge >= 0.3 is 0 Å². The summed E-state index contributed by atoms with van der Waals surface area (Å²) in [5, 5.41) is 3.29. The van der Waals surface area contributed by atoms with E-state index in [-0.39, 0.29) is 5.91 Å². The molecular weight excluding hydrogens is 370 g/mol. The zero-order chi connectivity index (χ0) is 16.1. The third-order valence-electron chi connectivity index (χ3n) is 2.91. The molecule has 0 saturated heterocycles. The van der Waals surface area contributed by atoms with Crippen LogP contribution < -0.4 is 14.8 Å². The van der Waals surface area contributed by atoms with Crippen LogP contribution in [0.4, 0.5) is 5.69 Å². The molecular formula is C16H15BrClNO3. The van der Waals surface area contributed by atoms with Crippen molar-refractivity contribution in [3.63, 3.8) is 0 Å². The second-order valence-corrected chi connectivity index (χ2v) is 5.82. The molecule has 0 heterocycles. The van der Waals surface area contributed by atoms with E-state index in [0.29, 0.717) is 22.2 Å². The summed E-state index contributed by atoms with van der Waals surface area (Å²) in [6, 6.07) is 12.3. The second-order valence-electron chi connectivity index (χ2n) is 4.56. The third kappa shape index (κ3) is 4.39. The van der Waals surface area contributed by atoms with Crippen molar-refractivity contribution in [1.82, 2.24) is 0 Å². The summed E-state index contributed by atoms with van der Waals surface area (Å²) in [5.74, 6) is 0.974. The molecule has 0 unspecified atom stereocenters. The maximum atomic E-state index is 12.1. The Bertz CT molecular complexity index is 678. The van der Waals surface area contributed by atoms with Gasteiger partial charge in [-0.25, -0.2) is 0 Å². The smallest absolute Gasteiger partial charge is 0.265 e. The Balaban J connectivity index is 2.00. The first-order valence-corrected chi connectivity index (χ1v) is 7.73. The molecule has 0 aliphatic heterocycles. The van der Waals surface area contributed by atoms with E-state index in [2.05, 4.69) is 21.2 Å². The topological polar surface area (TPSA) is 47.6 Å². The molecule has 1 amide bonds. The zero-order valence-corrected chi connectivity index (χ0v) is 14.4. The van der Waals surface area contributed by atoms with Crippen LogP contribution in [0.5, 0.6) is 11.5 Å². The molecule has 0 aliphatic rings. The number of carbonyl (C=O) groups excluding carboxylic acids is 1. The molecule has 116 valence electrons. The fourth-order valence-electron chi connectivity index (χ4n) is 1.75. The summed E-state index contributed by atoms with van der Waals surface area (Å²) in [6.07, 6.45) is -0.658. The standard InChI is InChI=1S/C16H15BrClNO3/c1-10(22-13-5-3-4-12(9-13)21-2)16(20)19-11-6-7-14(17)15(18)8-11/h3-10H,1-2H3,(H,19,20)/t10-/m0/s1.